The molecule has 202 valence electrons. The Hall–Kier alpha value is -2.93. The third-order valence-corrected chi connectivity index (χ3v) is 5.52. The number of rotatable bonds is 16. The van der Waals surface area contributed by atoms with E-state index in [1.54, 1.807) is 6.92 Å². The van der Waals surface area contributed by atoms with E-state index in [9.17, 15) is 29.4 Å². The van der Waals surface area contributed by atoms with Crippen LogP contribution in [0.15, 0.2) is 4.99 Å². The molecule has 0 heterocycles. The van der Waals surface area contributed by atoms with E-state index in [0.29, 0.717) is 12.8 Å². The zero-order chi connectivity index (χ0) is 27.3. The van der Waals surface area contributed by atoms with Crippen molar-refractivity contribution in [1.29, 1.82) is 0 Å². The molecule has 35 heavy (non-hydrogen) atoms. The Morgan fingerprint density at radius 1 is 0.914 bits per heavy atom. The summed E-state index contributed by atoms with van der Waals surface area (Å²) in [5.41, 5.74) is 16.2. The number of amides is 3. The van der Waals surface area contributed by atoms with Gasteiger partial charge >= 0.3 is 5.97 Å². The highest BCUT2D eigenvalue weighted by atomic mass is 16.4. The third-order valence-electron chi connectivity index (χ3n) is 5.52. The first-order chi connectivity index (χ1) is 16.2. The van der Waals surface area contributed by atoms with Crippen molar-refractivity contribution in [3.8, 4) is 0 Å². The predicted molar refractivity (Wildman–Crippen MR) is 132 cm³/mol. The maximum absolute atomic E-state index is 13.1. The summed E-state index contributed by atoms with van der Waals surface area (Å²) in [5, 5.41) is 26.7. The lowest BCUT2D eigenvalue weighted by atomic mass is 9.96. The normalized spacial score (nSPS) is 16.2. The van der Waals surface area contributed by atoms with Gasteiger partial charge in [0.1, 0.15) is 24.2 Å². The molecule has 0 rings (SSSR count). The number of hydrogen-bond acceptors (Lipinski definition) is 7. The number of carboxylic acid groups (broad SMARTS) is 1. The Morgan fingerprint density at radius 3 is 1.94 bits per heavy atom. The van der Waals surface area contributed by atoms with Gasteiger partial charge in [0, 0.05) is 6.54 Å². The summed E-state index contributed by atoms with van der Waals surface area (Å²) < 4.78 is 0. The summed E-state index contributed by atoms with van der Waals surface area (Å²) in [6, 6.07) is -4.46. The molecule has 0 saturated carbocycles. The molecule has 13 heteroatoms. The van der Waals surface area contributed by atoms with E-state index in [1.807, 2.05) is 20.8 Å². The number of nitrogens with one attached hydrogen (secondary N) is 3. The highest BCUT2D eigenvalue weighted by Crippen LogP contribution is 2.12. The second-order valence-electron chi connectivity index (χ2n) is 9.18. The van der Waals surface area contributed by atoms with Crippen molar-refractivity contribution in [1.82, 2.24) is 16.0 Å². The highest BCUT2D eigenvalue weighted by Gasteiger charge is 2.33. The number of aliphatic hydroxyl groups excluding tert-OH is 1. The van der Waals surface area contributed by atoms with Gasteiger partial charge in [-0.25, -0.2) is 4.79 Å². The lowest BCUT2D eigenvalue weighted by Crippen LogP contribution is -2.59. The summed E-state index contributed by atoms with van der Waals surface area (Å²) in [6.45, 7) is 8.87. The largest absolute Gasteiger partial charge is 0.480 e. The van der Waals surface area contributed by atoms with Gasteiger partial charge < -0.3 is 43.4 Å². The molecule has 0 saturated heterocycles. The molecule has 0 radical (unpaired) electrons. The first-order valence-electron chi connectivity index (χ1n) is 11.8. The van der Waals surface area contributed by atoms with E-state index in [2.05, 4.69) is 20.9 Å². The van der Waals surface area contributed by atoms with Crippen molar-refractivity contribution in [2.45, 2.75) is 90.6 Å². The van der Waals surface area contributed by atoms with Gasteiger partial charge in [0.15, 0.2) is 5.96 Å². The molecule has 0 aliphatic carbocycles. The van der Waals surface area contributed by atoms with Crippen LogP contribution in [-0.2, 0) is 19.2 Å². The number of aliphatic hydroxyl groups is 1. The molecule has 11 N–H and O–H groups in total. The first-order valence-corrected chi connectivity index (χ1v) is 11.8. The average molecular weight is 502 g/mol. The minimum absolute atomic E-state index is 0.00325. The average Bonchev–Trinajstić information content (AvgIpc) is 2.76. The smallest absolute Gasteiger partial charge is 0.326 e. The second-order valence-corrected chi connectivity index (χ2v) is 9.18. The lowest BCUT2D eigenvalue weighted by molar-refractivity contribution is -0.142. The summed E-state index contributed by atoms with van der Waals surface area (Å²) in [7, 11) is 0. The van der Waals surface area contributed by atoms with Crippen molar-refractivity contribution in [2.75, 3.05) is 6.54 Å². The number of nitrogens with two attached hydrogens (primary N) is 3. The molecule has 0 aromatic heterocycles. The monoisotopic (exact) mass is 501 g/mol. The Kier molecular flexibility index (Phi) is 14.5. The van der Waals surface area contributed by atoms with E-state index < -0.39 is 54.0 Å². The SMILES string of the molecule is CCC(C)C(NC(=O)C(N)C(C)O)C(=O)NC(CC(C)C)C(=O)NC(CCCN=C(N)N)C(=O)O. The van der Waals surface area contributed by atoms with Crippen molar-refractivity contribution in [3.63, 3.8) is 0 Å². The molecule has 6 atom stereocenters. The Balaban J connectivity index is 5.51. The van der Waals surface area contributed by atoms with Gasteiger partial charge in [-0.1, -0.05) is 34.1 Å². The van der Waals surface area contributed by atoms with Gasteiger partial charge in [-0.3, -0.25) is 19.4 Å². The predicted octanol–water partition coefficient (Wildman–Crippen LogP) is -1.62. The quantitative estimate of drug-likeness (QED) is 0.0688. The summed E-state index contributed by atoms with van der Waals surface area (Å²) >= 11 is 0. The van der Waals surface area contributed by atoms with E-state index in [-0.39, 0.29) is 37.2 Å². The number of carbonyl (C=O) groups excluding carboxylic acids is 3. The van der Waals surface area contributed by atoms with Crippen LogP contribution in [0.2, 0.25) is 0 Å². The number of carboxylic acids is 1. The molecule has 0 aromatic rings. The van der Waals surface area contributed by atoms with Crippen LogP contribution >= 0.6 is 0 Å². The fourth-order valence-electron chi connectivity index (χ4n) is 3.17. The minimum atomic E-state index is -1.23. The van der Waals surface area contributed by atoms with Crippen LogP contribution in [0.3, 0.4) is 0 Å². The Bertz CT molecular complexity index is 740. The van der Waals surface area contributed by atoms with Crippen LogP contribution in [0, 0.1) is 11.8 Å². The zero-order valence-electron chi connectivity index (χ0n) is 21.3. The Labute approximate surface area is 206 Å². The number of aliphatic carboxylic acids is 1. The molecule has 0 aromatic carbocycles. The molecule has 0 fully saturated rings. The molecule has 3 amide bonds. The van der Waals surface area contributed by atoms with Crippen molar-refractivity contribution >= 4 is 29.7 Å². The maximum Gasteiger partial charge on any atom is 0.326 e. The van der Waals surface area contributed by atoms with Gasteiger partial charge in [0.05, 0.1) is 6.10 Å². The summed E-state index contributed by atoms with van der Waals surface area (Å²) in [6.07, 6.45) is 0.0762. The van der Waals surface area contributed by atoms with E-state index in [4.69, 9.17) is 17.2 Å². The van der Waals surface area contributed by atoms with Crippen molar-refractivity contribution in [2.24, 2.45) is 34.0 Å². The topological polar surface area (TPSA) is 235 Å². The number of nitrogens with zero attached hydrogens (tertiary/aromatic N) is 1. The number of guanidine groups is 1. The van der Waals surface area contributed by atoms with Gasteiger partial charge in [-0.05, 0) is 38.0 Å². The minimum Gasteiger partial charge on any atom is -0.480 e. The van der Waals surface area contributed by atoms with Crippen LogP contribution in [0.1, 0.15) is 60.3 Å². The van der Waals surface area contributed by atoms with Crippen molar-refractivity contribution in [3.05, 3.63) is 0 Å². The molecule has 0 aliphatic heterocycles. The fraction of sp³-hybridized carbons (Fsp3) is 0.773. The number of carbonyl (C=O) groups is 4. The second kappa shape index (κ2) is 15.9. The van der Waals surface area contributed by atoms with Crippen LogP contribution in [-0.4, -0.2) is 76.7 Å². The standard InChI is InChI=1S/C22H43N7O6/c1-6-12(4)17(29-19(32)16(23)13(5)30)20(33)28-15(10-11(2)3)18(31)27-14(21(34)35)8-7-9-26-22(24)25/h11-17,30H,6-10,23H2,1-5H3,(H,27,31)(H,28,33)(H,29,32)(H,34,35)(H4,24,25,26). The van der Waals surface area contributed by atoms with E-state index in [0.717, 1.165) is 0 Å². The molecular formula is C22H43N7O6. The Morgan fingerprint density at radius 2 is 1.49 bits per heavy atom. The van der Waals surface area contributed by atoms with Crippen LogP contribution < -0.4 is 33.2 Å². The van der Waals surface area contributed by atoms with Crippen LogP contribution in [0.4, 0.5) is 0 Å². The lowest BCUT2D eigenvalue weighted by Gasteiger charge is -2.29. The fourth-order valence-corrected chi connectivity index (χ4v) is 3.17. The zero-order valence-corrected chi connectivity index (χ0v) is 21.3. The van der Waals surface area contributed by atoms with Crippen LogP contribution in [0.5, 0.6) is 0 Å². The maximum atomic E-state index is 13.1. The number of hydrogen-bond donors (Lipinski definition) is 8. The van der Waals surface area contributed by atoms with Gasteiger partial charge in [0.2, 0.25) is 17.7 Å². The highest BCUT2D eigenvalue weighted by molar-refractivity contribution is 5.94. The molecular weight excluding hydrogens is 458 g/mol. The van der Waals surface area contributed by atoms with Crippen LogP contribution in [0.25, 0.3) is 0 Å². The molecule has 0 spiro atoms. The van der Waals surface area contributed by atoms with E-state index in [1.165, 1.54) is 6.92 Å². The summed E-state index contributed by atoms with van der Waals surface area (Å²) in [4.78, 5) is 53.8. The molecule has 13 nitrogen and oxygen atoms in total. The van der Waals surface area contributed by atoms with Gasteiger partial charge in [0.25, 0.3) is 0 Å². The third kappa shape index (κ3) is 12.4. The van der Waals surface area contributed by atoms with E-state index >= 15 is 0 Å². The summed E-state index contributed by atoms with van der Waals surface area (Å²) in [5.74, 6) is -3.60. The van der Waals surface area contributed by atoms with Gasteiger partial charge in [-0.2, -0.15) is 0 Å². The molecule has 0 aliphatic rings. The molecule has 0 bridgehead atoms. The number of aliphatic imine (C=N–C) groups is 1. The first kappa shape index (κ1) is 32.1. The van der Waals surface area contributed by atoms with Gasteiger partial charge in [-0.15, -0.1) is 0 Å². The van der Waals surface area contributed by atoms with Crippen molar-refractivity contribution < 1.29 is 29.4 Å². The molecule has 6 unspecified atom stereocenters.